The molecule has 0 aliphatic carbocycles. The van der Waals surface area contributed by atoms with Gasteiger partial charge in [0.05, 0.1) is 12.2 Å². The zero-order chi connectivity index (χ0) is 20.0. The first-order chi connectivity index (χ1) is 12.7. The Bertz CT molecular complexity index is 737. The van der Waals surface area contributed by atoms with Crippen LogP contribution in [-0.2, 0) is 11.3 Å². The quantitative estimate of drug-likeness (QED) is 0.683. The van der Waals surface area contributed by atoms with Gasteiger partial charge in [0, 0.05) is 23.0 Å². The van der Waals surface area contributed by atoms with Gasteiger partial charge in [-0.3, -0.25) is 4.79 Å². The van der Waals surface area contributed by atoms with Crippen LogP contribution in [0.2, 0.25) is 0 Å². The molecular formula is C20H29FN4OS. The van der Waals surface area contributed by atoms with E-state index in [9.17, 15) is 9.18 Å². The summed E-state index contributed by atoms with van der Waals surface area (Å²) in [4.78, 5) is 21.3. The summed E-state index contributed by atoms with van der Waals surface area (Å²) in [6.07, 6.45) is 1.03. The van der Waals surface area contributed by atoms with E-state index in [0.29, 0.717) is 12.2 Å². The molecule has 0 spiro atoms. The van der Waals surface area contributed by atoms with Gasteiger partial charge in [0.2, 0.25) is 5.91 Å². The van der Waals surface area contributed by atoms with E-state index in [1.54, 1.807) is 17.0 Å². The number of benzene rings is 1. The van der Waals surface area contributed by atoms with Gasteiger partial charge in [0.25, 0.3) is 0 Å². The molecule has 0 fully saturated rings. The van der Waals surface area contributed by atoms with Crippen molar-refractivity contribution in [3.05, 3.63) is 41.2 Å². The number of thiazole rings is 1. The molecule has 1 aromatic carbocycles. The van der Waals surface area contributed by atoms with E-state index < -0.39 is 5.41 Å². The molecule has 1 N–H and O–H groups in total. The molecular weight excluding hydrogens is 363 g/mol. The van der Waals surface area contributed by atoms with E-state index in [4.69, 9.17) is 0 Å². The standard InChI is InChI=1S/C20H29FN4OS/c1-20(2,3)18(26)25(17-9-7-15(21)8-10-17)13-16-14-27-19(23-16)22-11-6-12-24(4)5/h7-10,14H,6,11-13H2,1-5H3,(H,22,23). The second-order valence-corrected chi connectivity index (χ2v) is 8.70. The highest BCUT2D eigenvalue weighted by molar-refractivity contribution is 7.13. The van der Waals surface area contributed by atoms with Crippen LogP contribution < -0.4 is 10.2 Å². The molecule has 1 amide bonds. The highest BCUT2D eigenvalue weighted by Crippen LogP contribution is 2.26. The van der Waals surface area contributed by atoms with Crippen molar-refractivity contribution in [1.29, 1.82) is 0 Å². The molecule has 0 unspecified atom stereocenters. The summed E-state index contributed by atoms with van der Waals surface area (Å²) in [5.74, 6) is -0.345. The Hall–Kier alpha value is -1.99. The molecule has 1 aromatic heterocycles. The average Bonchev–Trinajstić information content (AvgIpc) is 3.03. The molecule has 0 atom stereocenters. The topological polar surface area (TPSA) is 48.5 Å². The molecule has 7 heteroatoms. The minimum Gasteiger partial charge on any atom is -0.361 e. The Labute approximate surface area is 165 Å². The molecule has 1 heterocycles. The molecule has 0 aliphatic rings. The summed E-state index contributed by atoms with van der Waals surface area (Å²) in [7, 11) is 4.11. The van der Waals surface area contributed by atoms with E-state index in [2.05, 4.69) is 29.3 Å². The van der Waals surface area contributed by atoms with Gasteiger partial charge in [0.1, 0.15) is 5.82 Å². The van der Waals surface area contributed by atoms with E-state index in [0.717, 1.165) is 30.3 Å². The van der Waals surface area contributed by atoms with Gasteiger partial charge < -0.3 is 15.1 Å². The summed E-state index contributed by atoms with van der Waals surface area (Å²) in [5, 5.41) is 6.14. The lowest BCUT2D eigenvalue weighted by atomic mass is 9.94. The number of carbonyl (C=O) groups excluding carboxylic acids is 1. The van der Waals surface area contributed by atoms with E-state index in [1.165, 1.54) is 23.5 Å². The number of amides is 1. The molecule has 5 nitrogen and oxygen atoms in total. The van der Waals surface area contributed by atoms with Crippen LogP contribution in [-0.4, -0.2) is 43.0 Å². The van der Waals surface area contributed by atoms with E-state index in [-0.39, 0.29) is 11.7 Å². The molecule has 27 heavy (non-hydrogen) atoms. The van der Waals surface area contributed by atoms with E-state index in [1.807, 2.05) is 26.2 Å². The predicted octanol–water partition coefficient (Wildman–Crippen LogP) is 4.23. The predicted molar refractivity (Wildman–Crippen MR) is 111 cm³/mol. The zero-order valence-corrected chi connectivity index (χ0v) is 17.6. The van der Waals surface area contributed by atoms with Crippen LogP contribution in [0.4, 0.5) is 15.2 Å². The van der Waals surface area contributed by atoms with Crippen LogP contribution in [0.3, 0.4) is 0 Å². The molecule has 2 rings (SSSR count). The fourth-order valence-corrected chi connectivity index (χ4v) is 3.25. The molecule has 0 aliphatic heterocycles. The number of aromatic nitrogens is 1. The molecule has 0 bridgehead atoms. The Balaban J connectivity index is 2.09. The summed E-state index contributed by atoms with van der Waals surface area (Å²) < 4.78 is 13.3. The number of nitrogens with zero attached hydrogens (tertiary/aromatic N) is 3. The SMILES string of the molecule is CN(C)CCCNc1nc(CN(C(=O)C(C)(C)C)c2ccc(F)cc2)cs1. The van der Waals surface area contributed by atoms with Gasteiger partial charge in [-0.1, -0.05) is 20.8 Å². The maximum absolute atomic E-state index is 13.3. The van der Waals surface area contributed by atoms with Crippen molar-refractivity contribution in [3.8, 4) is 0 Å². The molecule has 2 aromatic rings. The fourth-order valence-electron chi connectivity index (χ4n) is 2.52. The monoisotopic (exact) mass is 392 g/mol. The van der Waals surface area contributed by atoms with Crippen molar-refractivity contribution < 1.29 is 9.18 Å². The number of rotatable bonds is 8. The highest BCUT2D eigenvalue weighted by atomic mass is 32.1. The van der Waals surface area contributed by atoms with Gasteiger partial charge >= 0.3 is 0 Å². The first kappa shape index (κ1) is 21.3. The average molecular weight is 393 g/mol. The Morgan fingerprint density at radius 3 is 2.48 bits per heavy atom. The third kappa shape index (κ3) is 6.59. The first-order valence-corrected chi connectivity index (χ1v) is 9.95. The third-order valence-electron chi connectivity index (χ3n) is 3.96. The molecule has 0 saturated heterocycles. The fraction of sp³-hybridized carbons (Fsp3) is 0.500. The van der Waals surface area contributed by atoms with E-state index >= 15 is 0 Å². The van der Waals surface area contributed by atoms with Gasteiger partial charge in [-0.25, -0.2) is 9.37 Å². The minimum atomic E-state index is -0.544. The molecule has 0 radical (unpaired) electrons. The van der Waals surface area contributed by atoms with Gasteiger partial charge in [-0.2, -0.15) is 0 Å². The van der Waals surface area contributed by atoms with Crippen LogP contribution in [0.1, 0.15) is 32.9 Å². The molecule has 0 saturated carbocycles. The Morgan fingerprint density at radius 1 is 1.22 bits per heavy atom. The maximum atomic E-state index is 13.3. The summed E-state index contributed by atoms with van der Waals surface area (Å²) in [6.45, 7) is 7.87. The van der Waals surface area contributed by atoms with Crippen molar-refractivity contribution in [2.45, 2.75) is 33.7 Å². The summed E-state index contributed by atoms with van der Waals surface area (Å²) >= 11 is 1.53. The number of carbonyl (C=O) groups is 1. The lowest BCUT2D eigenvalue weighted by Crippen LogP contribution is -2.39. The number of hydrogen-bond donors (Lipinski definition) is 1. The number of anilines is 2. The summed E-state index contributed by atoms with van der Waals surface area (Å²) in [6, 6.07) is 6.01. The zero-order valence-electron chi connectivity index (χ0n) is 16.8. The van der Waals surface area contributed by atoms with Crippen molar-refractivity contribution in [3.63, 3.8) is 0 Å². The van der Waals surface area contributed by atoms with Gasteiger partial charge in [-0.05, 0) is 51.3 Å². The smallest absolute Gasteiger partial charge is 0.232 e. The second-order valence-electron chi connectivity index (χ2n) is 7.85. The summed E-state index contributed by atoms with van der Waals surface area (Å²) in [5.41, 5.74) is 0.944. The lowest BCUT2D eigenvalue weighted by molar-refractivity contribution is -0.125. The van der Waals surface area contributed by atoms with Crippen LogP contribution in [0.25, 0.3) is 0 Å². The minimum absolute atomic E-state index is 0.0254. The van der Waals surface area contributed by atoms with Crippen molar-refractivity contribution >= 4 is 28.1 Å². The normalized spacial score (nSPS) is 11.7. The third-order valence-corrected chi connectivity index (χ3v) is 4.80. The number of nitrogens with one attached hydrogen (secondary N) is 1. The van der Waals surface area contributed by atoms with Crippen LogP contribution in [0.5, 0.6) is 0 Å². The van der Waals surface area contributed by atoms with Crippen molar-refractivity contribution in [2.75, 3.05) is 37.4 Å². The number of halogens is 1. The van der Waals surface area contributed by atoms with Gasteiger partial charge in [0.15, 0.2) is 5.13 Å². The first-order valence-electron chi connectivity index (χ1n) is 9.07. The molecule has 148 valence electrons. The van der Waals surface area contributed by atoms with Crippen LogP contribution in [0.15, 0.2) is 29.6 Å². The Kier molecular flexibility index (Phi) is 7.33. The largest absolute Gasteiger partial charge is 0.361 e. The van der Waals surface area contributed by atoms with Crippen molar-refractivity contribution in [1.82, 2.24) is 9.88 Å². The van der Waals surface area contributed by atoms with Crippen molar-refractivity contribution in [2.24, 2.45) is 5.41 Å². The maximum Gasteiger partial charge on any atom is 0.232 e. The van der Waals surface area contributed by atoms with Crippen LogP contribution >= 0.6 is 11.3 Å². The van der Waals surface area contributed by atoms with Gasteiger partial charge in [-0.15, -0.1) is 11.3 Å². The Morgan fingerprint density at radius 2 is 1.89 bits per heavy atom. The number of hydrogen-bond acceptors (Lipinski definition) is 5. The van der Waals surface area contributed by atoms with Crippen LogP contribution in [0, 0.1) is 11.2 Å². The second kappa shape index (κ2) is 9.28. The lowest BCUT2D eigenvalue weighted by Gasteiger charge is -2.29. The highest BCUT2D eigenvalue weighted by Gasteiger charge is 2.29.